The van der Waals surface area contributed by atoms with Crippen LogP contribution in [0.3, 0.4) is 0 Å². The Hall–Kier alpha value is -2.85. The van der Waals surface area contributed by atoms with Crippen LogP contribution < -0.4 is 20.4 Å². The normalized spacial score (nSPS) is 16.4. The van der Waals surface area contributed by atoms with Crippen LogP contribution in [0.25, 0.3) is 0 Å². The maximum Gasteiger partial charge on any atom is 0.323 e. The predicted molar refractivity (Wildman–Crippen MR) is 120 cm³/mol. The highest BCUT2D eigenvalue weighted by atomic mass is 35.5. The molecule has 0 aliphatic carbocycles. The minimum absolute atomic E-state index is 0.0402. The van der Waals surface area contributed by atoms with E-state index in [2.05, 4.69) is 20.5 Å². The summed E-state index contributed by atoms with van der Waals surface area (Å²) in [4.78, 5) is 46.3. The molecule has 0 unspecified atom stereocenters. The summed E-state index contributed by atoms with van der Waals surface area (Å²) < 4.78 is 0. The highest BCUT2D eigenvalue weighted by Crippen LogP contribution is 2.22. The van der Waals surface area contributed by atoms with Crippen LogP contribution in [-0.4, -0.2) is 73.5 Å². The molecule has 2 saturated heterocycles. The number of hydrogen-bond acceptors (Lipinski definition) is 6. The number of carbonyl (C=O) groups is 3. The minimum atomic E-state index is -0.270. The van der Waals surface area contributed by atoms with Gasteiger partial charge >= 0.3 is 6.03 Å². The van der Waals surface area contributed by atoms with E-state index in [1.165, 1.54) is 11.3 Å². The molecule has 2 fully saturated rings. The van der Waals surface area contributed by atoms with Crippen LogP contribution in [0.2, 0.25) is 5.02 Å². The third-order valence-corrected chi connectivity index (χ3v) is 6.36. The molecule has 4 amide bonds. The molecule has 0 spiro atoms. The molecule has 11 heteroatoms. The molecule has 2 N–H and O–H groups in total. The highest BCUT2D eigenvalue weighted by molar-refractivity contribution is 7.14. The molecule has 9 nitrogen and oxygen atoms in total. The van der Waals surface area contributed by atoms with Crippen molar-refractivity contribution in [1.29, 1.82) is 0 Å². The average molecular weight is 463 g/mol. The predicted octanol–water partition coefficient (Wildman–Crippen LogP) is 1.33. The summed E-state index contributed by atoms with van der Waals surface area (Å²) >= 11 is 7.38. The Morgan fingerprint density at radius 1 is 1.19 bits per heavy atom. The highest BCUT2D eigenvalue weighted by Gasteiger charge is 2.25. The summed E-state index contributed by atoms with van der Waals surface area (Å²) in [6, 6.07) is 7.49. The molecular formula is C20H23ClN6O3S. The second-order valence-corrected chi connectivity index (χ2v) is 8.58. The van der Waals surface area contributed by atoms with Gasteiger partial charge < -0.3 is 20.4 Å². The van der Waals surface area contributed by atoms with E-state index in [0.717, 1.165) is 5.69 Å². The van der Waals surface area contributed by atoms with Gasteiger partial charge in [0.1, 0.15) is 0 Å². The molecule has 0 radical (unpaired) electrons. The Kier molecular flexibility index (Phi) is 6.57. The molecule has 4 rings (SSSR count). The lowest BCUT2D eigenvalue weighted by molar-refractivity contribution is -0.133. The summed E-state index contributed by atoms with van der Waals surface area (Å²) in [5.74, 6) is -0.375. The van der Waals surface area contributed by atoms with Gasteiger partial charge in [0, 0.05) is 55.4 Å². The lowest BCUT2D eigenvalue weighted by Crippen LogP contribution is -2.51. The second kappa shape index (κ2) is 9.52. The number of rotatable bonds is 6. The lowest BCUT2D eigenvalue weighted by Gasteiger charge is -2.36. The molecule has 2 aromatic rings. The third kappa shape index (κ3) is 5.26. The zero-order chi connectivity index (χ0) is 21.8. The van der Waals surface area contributed by atoms with Gasteiger partial charge in [-0.2, -0.15) is 0 Å². The molecular weight excluding hydrogens is 440 g/mol. The van der Waals surface area contributed by atoms with Gasteiger partial charge in [-0.1, -0.05) is 17.7 Å². The molecule has 3 heterocycles. The Morgan fingerprint density at radius 2 is 2.00 bits per heavy atom. The smallest absolute Gasteiger partial charge is 0.323 e. The number of urea groups is 1. The van der Waals surface area contributed by atoms with Crippen molar-refractivity contribution in [3.05, 3.63) is 40.4 Å². The maximum atomic E-state index is 12.5. The van der Waals surface area contributed by atoms with Gasteiger partial charge in [-0.15, -0.1) is 11.3 Å². The number of piperazine rings is 1. The number of nitrogens with zero attached hydrogens (tertiary/aromatic N) is 4. The van der Waals surface area contributed by atoms with Crippen molar-refractivity contribution in [3.63, 3.8) is 0 Å². The van der Waals surface area contributed by atoms with Gasteiger partial charge in [0.15, 0.2) is 5.13 Å². The van der Waals surface area contributed by atoms with E-state index in [4.69, 9.17) is 11.6 Å². The van der Waals surface area contributed by atoms with Gasteiger partial charge in [-0.3, -0.25) is 14.5 Å². The van der Waals surface area contributed by atoms with Crippen molar-refractivity contribution < 1.29 is 14.4 Å². The van der Waals surface area contributed by atoms with Crippen molar-refractivity contribution in [2.24, 2.45) is 0 Å². The summed E-state index contributed by atoms with van der Waals surface area (Å²) in [6.45, 7) is 3.73. The summed E-state index contributed by atoms with van der Waals surface area (Å²) in [5.41, 5.74) is 1.63. The number of thiazole rings is 1. The first kappa shape index (κ1) is 21.4. The summed E-state index contributed by atoms with van der Waals surface area (Å²) in [7, 11) is 0. The fourth-order valence-electron chi connectivity index (χ4n) is 3.56. The monoisotopic (exact) mass is 462 g/mol. The fourth-order valence-corrected chi connectivity index (χ4v) is 4.59. The SMILES string of the molecule is O=C(Cc1csc(N2CCNC2=O)n1)NCC(=O)N1CCN(c2cccc(Cl)c2)CC1. The molecule has 1 aromatic heterocycles. The van der Waals surface area contributed by atoms with Crippen LogP contribution in [0, 0.1) is 0 Å². The van der Waals surface area contributed by atoms with Crippen molar-refractivity contribution >= 4 is 51.6 Å². The van der Waals surface area contributed by atoms with Crippen molar-refractivity contribution in [2.75, 3.05) is 55.6 Å². The van der Waals surface area contributed by atoms with Gasteiger partial charge in [0.05, 0.1) is 18.7 Å². The summed E-state index contributed by atoms with van der Waals surface area (Å²) in [6.07, 6.45) is 0.0712. The molecule has 2 aliphatic rings. The Balaban J connectivity index is 1.21. The Morgan fingerprint density at radius 3 is 2.71 bits per heavy atom. The van der Waals surface area contributed by atoms with Crippen molar-refractivity contribution in [3.8, 4) is 0 Å². The molecule has 0 atom stereocenters. The van der Waals surface area contributed by atoms with Gasteiger partial charge in [-0.25, -0.2) is 9.78 Å². The van der Waals surface area contributed by atoms with Gasteiger partial charge in [-0.05, 0) is 18.2 Å². The number of benzene rings is 1. The quantitative estimate of drug-likeness (QED) is 0.675. The first-order valence-corrected chi connectivity index (χ1v) is 11.3. The standard InChI is InChI=1S/C20H23ClN6O3S/c21-14-2-1-3-16(10-14)25-6-8-26(9-7-25)18(29)12-23-17(28)11-15-13-31-20(24-15)27-5-4-22-19(27)30/h1-3,10,13H,4-9,11-12H2,(H,22,30)(H,23,28). The lowest BCUT2D eigenvalue weighted by atomic mass is 10.2. The fraction of sp³-hybridized carbons (Fsp3) is 0.400. The zero-order valence-corrected chi connectivity index (χ0v) is 18.4. The van der Waals surface area contributed by atoms with Gasteiger partial charge in [0.2, 0.25) is 11.8 Å². The molecule has 2 aliphatic heterocycles. The van der Waals surface area contributed by atoms with Crippen LogP contribution >= 0.6 is 22.9 Å². The molecule has 0 saturated carbocycles. The number of amides is 4. The van der Waals surface area contributed by atoms with Crippen molar-refractivity contribution in [1.82, 2.24) is 20.5 Å². The van der Waals surface area contributed by atoms with Crippen LogP contribution in [0.5, 0.6) is 0 Å². The van der Waals surface area contributed by atoms with Crippen molar-refractivity contribution in [2.45, 2.75) is 6.42 Å². The number of aromatic nitrogens is 1. The van der Waals surface area contributed by atoms with E-state index in [-0.39, 0.29) is 30.8 Å². The third-order valence-electron chi connectivity index (χ3n) is 5.21. The van der Waals surface area contributed by atoms with E-state index in [1.807, 2.05) is 24.3 Å². The van der Waals surface area contributed by atoms with E-state index in [9.17, 15) is 14.4 Å². The first-order valence-electron chi connectivity index (χ1n) is 10.0. The number of anilines is 2. The van der Waals surface area contributed by atoms with E-state index >= 15 is 0 Å². The van der Waals surface area contributed by atoms with E-state index < -0.39 is 0 Å². The number of hydrogen-bond donors (Lipinski definition) is 2. The molecule has 1 aromatic carbocycles. The van der Waals surface area contributed by atoms with Crippen LogP contribution in [-0.2, 0) is 16.0 Å². The number of carbonyl (C=O) groups excluding carboxylic acids is 3. The number of halogens is 1. The topological polar surface area (TPSA) is 97.9 Å². The van der Waals surface area contributed by atoms with E-state index in [1.54, 1.807) is 15.2 Å². The Labute approximate surface area is 189 Å². The number of nitrogens with one attached hydrogen (secondary N) is 2. The minimum Gasteiger partial charge on any atom is -0.368 e. The first-order chi connectivity index (χ1) is 15.0. The maximum absolute atomic E-state index is 12.5. The molecule has 31 heavy (non-hydrogen) atoms. The van der Waals surface area contributed by atoms with E-state index in [0.29, 0.717) is 55.1 Å². The second-order valence-electron chi connectivity index (χ2n) is 7.31. The largest absolute Gasteiger partial charge is 0.368 e. The zero-order valence-electron chi connectivity index (χ0n) is 16.8. The van der Waals surface area contributed by atoms with Gasteiger partial charge in [0.25, 0.3) is 0 Å². The van der Waals surface area contributed by atoms with Crippen LogP contribution in [0.4, 0.5) is 15.6 Å². The Bertz CT molecular complexity index is 975. The average Bonchev–Trinajstić information content (AvgIpc) is 3.40. The van der Waals surface area contributed by atoms with Crippen LogP contribution in [0.15, 0.2) is 29.6 Å². The molecule has 164 valence electrons. The molecule has 0 bridgehead atoms. The van der Waals surface area contributed by atoms with Crippen LogP contribution in [0.1, 0.15) is 5.69 Å². The summed E-state index contributed by atoms with van der Waals surface area (Å²) in [5, 5.41) is 8.42.